The van der Waals surface area contributed by atoms with E-state index in [4.69, 9.17) is 6.42 Å². The minimum Gasteiger partial charge on any atom is -0.343 e. The number of carbonyl (C=O) groups is 2. The summed E-state index contributed by atoms with van der Waals surface area (Å²) < 4.78 is 0. The van der Waals surface area contributed by atoms with Crippen LogP contribution < -0.4 is 5.32 Å². The molecule has 2 amide bonds. The molecule has 0 radical (unpaired) electrons. The third-order valence-corrected chi connectivity index (χ3v) is 3.52. The summed E-state index contributed by atoms with van der Waals surface area (Å²) in [6, 6.07) is -0.358. The van der Waals surface area contributed by atoms with Gasteiger partial charge in [-0.25, -0.2) is 0 Å². The van der Waals surface area contributed by atoms with Crippen molar-refractivity contribution in [1.29, 1.82) is 0 Å². The maximum Gasteiger partial charge on any atom is 0.245 e. The van der Waals surface area contributed by atoms with Crippen molar-refractivity contribution in [2.75, 3.05) is 24.6 Å². The van der Waals surface area contributed by atoms with Gasteiger partial charge < -0.3 is 10.2 Å². The summed E-state index contributed by atoms with van der Waals surface area (Å²) in [5.74, 6) is 4.31. The van der Waals surface area contributed by atoms with Crippen molar-refractivity contribution in [3.8, 4) is 12.3 Å². The fourth-order valence-corrected chi connectivity index (χ4v) is 2.51. The Morgan fingerprint density at radius 3 is 2.89 bits per heavy atom. The molecule has 100 valence electrons. The molecule has 0 aromatic carbocycles. The first-order valence-electron chi connectivity index (χ1n) is 6.14. The molecule has 0 aromatic heterocycles. The molecule has 1 heterocycles. The summed E-state index contributed by atoms with van der Waals surface area (Å²) in [6.07, 6.45) is 5.85. The zero-order chi connectivity index (χ0) is 13.5. The smallest absolute Gasteiger partial charge is 0.245 e. The third kappa shape index (κ3) is 4.61. The molecule has 1 saturated heterocycles. The van der Waals surface area contributed by atoms with Gasteiger partial charge in [-0.1, -0.05) is 19.8 Å². The lowest BCUT2D eigenvalue weighted by molar-refractivity contribution is -0.144. The monoisotopic (exact) mass is 268 g/mol. The van der Waals surface area contributed by atoms with Crippen LogP contribution in [0, 0.1) is 18.3 Å². The highest BCUT2D eigenvalue weighted by Crippen LogP contribution is 2.12. The number of carbonyl (C=O) groups excluding carboxylic acids is 2. The second-order valence-corrected chi connectivity index (χ2v) is 5.87. The predicted molar refractivity (Wildman–Crippen MR) is 74.1 cm³/mol. The first-order valence-corrected chi connectivity index (χ1v) is 7.29. The number of hydrogen-bond donors (Lipinski definition) is 1. The summed E-state index contributed by atoms with van der Waals surface area (Å²) >= 11 is 1.60. The van der Waals surface area contributed by atoms with Gasteiger partial charge in [0.25, 0.3) is 0 Å². The lowest BCUT2D eigenvalue weighted by atomic mass is 10.0. The molecule has 18 heavy (non-hydrogen) atoms. The summed E-state index contributed by atoms with van der Waals surface area (Å²) in [5.41, 5.74) is 0. The molecule has 1 fully saturated rings. The SMILES string of the molecule is C#CCSCCN1CC(=O)NC(CC(C)C)C1=O. The van der Waals surface area contributed by atoms with Crippen LogP contribution in [0.3, 0.4) is 0 Å². The Hall–Kier alpha value is -1.15. The number of nitrogens with zero attached hydrogens (tertiary/aromatic N) is 1. The van der Waals surface area contributed by atoms with E-state index in [1.54, 1.807) is 16.7 Å². The fourth-order valence-electron chi connectivity index (χ4n) is 1.90. The van der Waals surface area contributed by atoms with Crippen molar-refractivity contribution >= 4 is 23.6 Å². The second-order valence-electron chi connectivity index (χ2n) is 4.77. The molecule has 1 rings (SSSR count). The van der Waals surface area contributed by atoms with Crippen LogP contribution in [0.25, 0.3) is 0 Å². The van der Waals surface area contributed by atoms with Gasteiger partial charge in [0, 0.05) is 12.3 Å². The number of amides is 2. The first-order chi connectivity index (χ1) is 8.54. The molecule has 0 saturated carbocycles. The Kier molecular flexibility index (Phi) is 6.06. The minimum absolute atomic E-state index is 0.0320. The summed E-state index contributed by atoms with van der Waals surface area (Å²) in [5, 5.41) is 2.76. The average molecular weight is 268 g/mol. The summed E-state index contributed by atoms with van der Waals surface area (Å²) in [6.45, 7) is 4.85. The van der Waals surface area contributed by atoms with Gasteiger partial charge >= 0.3 is 0 Å². The molecular weight excluding hydrogens is 248 g/mol. The standard InChI is InChI=1S/C13H20N2O2S/c1-4-6-18-7-5-15-9-12(16)14-11(13(15)17)8-10(2)3/h1,10-11H,5-9H2,2-3H3,(H,14,16). The van der Waals surface area contributed by atoms with Crippen molar-refractivity contribution < 1.29 is 9.59 Å². The van der Waals surface area contributed by atoms with E-state index in [0.717, 1.165) is 5.75 Å². The van der Waals surface area contributed by atoms with Crippen LogP contribution in [0.1, 0.15) is 20.3 Å². The molecule has 0 aromatic rings. The number of thioether (sulfide) groups is 1. The van der Waals surface area contributed by atoms with Gasteiger partial charge in [-0.2, -0.15) is 0 Å². The summed E-state index contributed by atoms with van der Waals surface area (Å²) in [7, 11) is 0. The van der Waals surface area contributed by atoms with E-state index < -0.39 is 0 Å². The Morgan fingerprint density at radius 2 is 2.28 bits per heavy atom. The van der Waals surface area contributed by atoms with E-state index in [-0.39, 0.29) is 24.4 Å². The van der Waals surface area contributed by atoms with Crippen molar-refractivity contribution in [1.82, 2.24) is 10.2 Å². The van der Waals surface area contributed by atoms with Crippen LogP contribution >= 0.6 is 11.8 Å². The maximum absolute atomic E-state index is 12.1. The van der Waals surface area contributed by atoms with Crippen LogP contribution in [-0.2, 0) is 9.59 Å². The topological polar surface area (TPSA) is 49.4 Å². The van der Waals surface area contributed by atoms with Gasteiger partial charge in [0.1, 0.15) is 6.04 Å². The van der Waals surface area contributed by atoms with E-state index in [2.05, 4.69) is 11.2 Å². The highest BCUT2D eigenvalue weighted by Gasteiger charge is 2.32. The molecule has 1 N–H and O–H groups in total. The number of terminal acetylenes is 1. The highest BCUT2D eigenvalue weighted by molar-refractivity contribution is 7.99. The molecule has 1 aliphatic heterocycles. The molecule has 4 nitrogen and oxygen atoms in total. The highest BCUT2D eigenvalue weighted by atomic mass is 32.2. The van der Waals surface area contributed by atoms with E-state index in [9.17, 15) is 9.59 Å². The fraction of sp³-hybridized carbons (Fsp3) is 0.692. The Balaban J connectivity index is 2.48. The first kappa shape index (κ1) is 14.9. The van der Waals surface area contributed by atoms with Gasteiger partial charge in [-0.05, 0) is 12.3 Å². The van der Waals surface area contributed by atoms with Crippen LogP contribution in [-0.4, -0.2) is 47.4 Å². The Bertz CT molecular complexity index is 349. The average Bonchev–Trinajstić information content (AvgIpc) is 2.29. The van der Waals surface area contributed by atoms with E-state index in [0.29, 0.717) is 24.6 Å². The van der Waals surface area contributed by atoms with Gasteiger partial charge in [0.15, 0.2) is 0 Å². The van der Waals surface area contributed by atoms with Crippen molar-refractivity contribution in [2.24, 2.45) is 5.92 Å². The second kappa shape index (κ2) is 7.32. The van der Waals surface area contributed by atoms with Crippen LogP contribution in [0.4, 0.5) is 0 Å². The van der Waals surface area contributed by atoms with Gasteiger partial charge in [-0.3, -0.25) is 9.59 Å². The van der Waals surface area contributed by atoms with Crippen molar-refractivity contribution in [3.63, 3.8) is 0 Å². The molecule has 0 spiro atoms. The Labute approximate surface area is 113 Å². The maximum atomic E-state index is 12.1. The van der Waals surface area contributed by atoms with Crippen molar-refractivity contribution in [2.45, 2.75) is 26.3 Å². The quantitative estimate of drug-likeness (QED) is 0.570. The number of rotatable bonds is 6. The predicted octanol–water partition coefficient (Wildman–Crippen LogP) is 0.726. The van der Waals surface area contributed by atoms with Gasteiger partial charge in [-0.15, -0.1) is 18.2 Å². The lowest BCUT2D eigenvalue weighted by Crippen LogP contribution is -2.58. The van der Waals surface area contributed by atoms with Crippen LogP contribution in [0.5, 0.6) is 0 Å². The zero-order valence-electron chi connectivity index (χ0n) is 10.9. The molecule has 1 unspecified atom stereocenters. The van der Waals surface area contributed by atoms with Gasteiger partial charge in [0.05, 0.1) is 12.3 Å². The van der Waals surface area contributed by atoms with Gasteiger partial charge in [0.2, 0.25) is 11.8 Å². The number of piperazine rings is 1. The molecule has 0 aliphatic carbocycles. The molecule has 1 aliphatic rings. The molecule has 1 atom stereocenters. The van der Waals surface area contributed by atoms with E-state index in [1.165, 1.54) is 0 Å². The molecule has 0 bridgehead atoms. The largest absolute Gasteiger partial charge is 0.343 e. The van der Waals surface area contributed by atoms with E-state index in [1.807, 2.05) is 13.8 Å². The number of nitrogens with one attached hydrogen (secondary N) is 1. The third-order valence-electron chi connectivity index (χ3n) is 2.68. The van der Waals surface area contributed by atoms with Crippen LogP contribution in [0.2, 0.25) is 0 Å². The zero-order valence-corrected chi connectivity index (χ0v) is 11.8. The van der Waals surface area contributed by atoms with Crippen LogP contribution in [0.15, 0.2) is 0 Å². The minimum atomic E-state index is -0.358. The lowest BCUT2D eigenvalue weighted by Gasteiger charge is -2.33. The van der Waals surface area contributed by atoms with Crippen molar-refractivity contribution in [3.05, 3.63) is 0 Å². The van der Waals surface area contributed by atoms with E-state index >= 15 is 0 Å². The molecule has 5 heteroatoms. The molecular formula is C13H20N2O2S. The Morgan fingerprint density at radius 1 is 1.56 bits per heavy atom. The normalized spacial score (nSPS) is 19.9. The summed E-state index contributed by atoms with van der Waals surface area (Å²) in [4.78, 5) is 25.3. The number of hydrogen-bond acceptors (Lipinski definition) is 3.